The van der Waals surface area contributed by atoms with Gasteiger partial charge in [0.05, 0.1) is 28.8 Å². The molecule has 3 aromatic rings. The number of aliphatic hydroxyl groups excluding tert-OH is 1. The number of carbonyl (C=O) groups excluding carboxylic acids is 1. The van der Waals surface area contributed by atoms with Crippen LogP contribution >= 0.6 is 23.6 Å². The molecule has 0 saturated carbocycles. The molecule has 4 rings (SSSR count). The second-order valence-corrected chi connectivity index (χ2v) is 9.37. The number of H-pyrrole nitrogens is 1. The van der Waals surface area contributed by atoms with Gasteiger partial charge < -0.3 is 15.0 Å². The van der Waals surface area contributed by atoms with Crippen molar-refractivity contribution in [3.8, 4) is 0 Å². The van der Waals surface area contributed by atoms with E-state index < -0.39 is 0 Å². The Kier molecular flexibility index (Phi) is 6.10. The molecule has 0 spiro atoms. The molecule has 5 nitrogen and oxygen atoms in total. The number of aromatic amines is 1. The maximum atomic E-state index is 13.1. The number of rotatable bonds is 6. The van der Waals surface area contributed by atoms with Gasteiger partial charge >= 0.3 is 0 Å². The molecule has 1 aliphatic rings. The van der Waals surface area contributed by atoms with Crippen molar-refractivity contribution in [1.29, 1.82) is 0 Å². The maximum absolute atomic E-state index is 13.1. The van der Waals surface area contributed by atoms with Crippen molar-refractivity contribution in [3.63, 3.8) is 0 Å². The molecule has 152 valence electrons. The minimum atomic E-state index is -0.268. The summed E-state index contributed by atoms with van der Waals surface area (Å²) in [7, 11) is 1.88. The van der Waals surface area contributed by atoms with E-state index in [9.17, 15) is 9.90 Å². The number of hydrogen-bond donors (Lipinski definition) is 2. The lowest BCUT2D eigenvalue weighted by molar-refractivity contribution is -0.131. The molecule has 1 amide bonds. The SMILES string of the molecule is CN(C(=O)Cc1ccc2sc(=S)[nH]c2c1)C(CN1CC[C@H](O)C1)c1ccccc1. The summed E-state index contributed by atoms with van der Waals surface area (Å²) in [6.45, 7) is 2.25. The molecule has 2 N–H and O–H groups in total. The predicted octanol–water partition coefficient (Wildman–Crippen LogP) is 3.77. The molecule has 7 heteroatoms. The van der Waals surface area contributed by atoms with Crippen LogP contribution in [-0.2, 0) is 11.2 Å². The molecule has 2 heterocycles. The Balaban J connectivity index is 1.52. The van der Waals surface area contributed by atoms with Crippen LogP contribution in [0.5, 0.6) is 0 Å². The number of amides is 1. The summed E-state index contributed by atoms with van der Waals surface area (Å²) in [6, 6.07) is 16.1. The zero-order valence-corrected chi connectivity index (χ0v) is 18.0. The number of aliphatic hydroxyl groups is 1. The molecular formula is C22H25N3O2S2. The van der Waals surface area contributed by atoms with Gasteiger partial charge in [0, 0.05) is 26.7 Å². The van der Waals surface area contributed by atoms with Gasteiger partial charge in [0.15, 0.2) is 3.95 Å². The lowest BCUT2D eigenvalue weighted by atomic mass is 10.0. The normalized spacial score (nSPS) is 18.2. The maximum Gasteiger partial charge on any atom is 0.227 e. The Morgan fingerprint density at radius 2 is 2.14 bits per heavy atom. The Hall–Kier alpha value is -2.06. The summed E-state index contributed by atoms with van der Waals surface area (Å²) in [5.41, 5.74) is 3.07. The zero-order valence-electron chi connectivity index (χ0n) is 16.4. The zero-order chi connectivity index (χ0) is 20.4. The summed E-state index contributed by atoms with van der Waals surface area (Å²) >= 11 is 6.76. The number of nitrogens with zero attached hydrogens (tertiary/aromatic N) is 2. The van der Waals surface area contributed by atoms with Crippen LogP contribution in [0, 0.1) is 3.95 Å². The predicted molar refractivity (Wildman–Crippen MR) is 120 cm³/mol. The quantitative estimate of drug-likeness (QED) is 0.588. The summed E-state index contributed by atoms with van der Waals surface area (Å²) < 4.78 is 1.85. The average Bonchev–Trinajstić information content (AvgIpc) is 3.30. The first-order valence-corrected chi connectivity index (χ1v) is 11.0. The van der Waals surface area contributed by atoms with Crippen molar-refractivity contribution >= 4 is 39.7 Å². The number of nitrogens with one attached hydrogen (secondary N) is 1. The first-order valence-electron chi connectivity index (χ1n) is 9.82. The van der Waals surface area contributed by atoms with Crippen LogP contribution in [0.3, 0.4) is 0 Å². The van der Waals surface area contributed by atoms with E-state index in [1.165, 1.54) is 0 Å². The highest BCUT2D eigenvalue weighted by Crippen LogP contribution is 2.25. The fraction of sp³-hybridized carbons (Fsp3) is 0.364. The lowest BCUT2D eigenvalue weighted by Gasteiger charge is -2.32. The topological polar surface area (TPSA) is 59.6 Å². The number of likely N-dealkylation sites (N-methyl/N-ethyl adjacent to an activating group) is 1. The van der Waals surface area contributed by atoms with Crippen LogP contribution in [0.4, 0.5) is 0 Å². The number of thiazole rings is 1. The van der Waals surface area contributed by atoms with Gasteiger partial charge in [0.25, 0.3) is 0 Å². The number of aromatic nitrogens is 1. The monoisotopic (exact) mass is 427 g/mol. The van der Waals surface area contributed by atoms with Gasteiger partial charge in [-0.15, -0.1) is 11.3 Å². The van der Waals surface area contributed by atoms with Gasteiger partial charge in [-0.25, -0.2) is 0 Å². The molecule has 29 heavy (non-hydrogen) atoms. The van der Waals surface area contributed by atoms with Gasteiger partial charge in [0.1, 0.15) is 0 Å². The highest BCUT2D eigenvalue weighted by atomic mass is 32.1. The van der Waals surface area contributed by atoms with E-state index in [1.807, 2.05) is 48.3 Å². The number of carbonyl (C=O) groups is 1. The largest absolute Gasteiger partial charge is 0.392 e. The van der Waals surface area contributed by atoms with Crippen molar-refractivity contribution in [3.05, 3.63) is 63.6 Å². The third-order valence-corrected chi connectivity index (χ3v) is 6.78. The molecule has 0 radical (unpaired) electrons. The van der Waals surface area contributed by atoms with E-state index >= 15 is 0 Å². The smallest absolute Gasteiger partial charge is 0.227 e. The minimum absolute atomic E-state index is 0.0512. The number of β-amino-alcohol motifs (C(OH)–C–C–N with tert-alkyl or cyclic N) is 1. The molecule has 2 aromatic carbocycles. The van der Waals surface area contributed by atoms with Crippen molar-refractivity contribution in [2.24, 2.45) is 0 Å². The Labute approximate surface area is 179 Å². The fourth-order valence-corrected chi connectivity index (χ4v) is 5.03. The van der Waals surface area contributed by atoms with Crippen LogP contribution in [0.2, 0.25) is 0 Å². The highest BCUT2D eigenvalue weighted by molar-refractivity contribution is 7.73. The fourth-order valence-electron chi connectivity index (χ4n) is 3.93. The van der Waals surface area contributed by atoms with E-state index in [4.69, 9.17) is 12.2 Å². The van der Waals surface area contributed by atoms with Gasteiger partial charge in [0.2, 0.25) is 5.91 Å². The standard InChI is InChI=1S/C22H25N3O2S2/c1-24(21(27)12-15-7-8-20-18(11-15)23-22(28)29-20)19(16-5-3-2-4-6-16)14-25-10-9-17(26)13-25/h2-8,11,17,19,26H,9-10,12-14H2,1H3,(H,23,28)/t17-,19?/m0/s1. The summed E-state index contributed by atoms with van der Waals surface area (Å²) in [5, 5.41) is 9.88. The number of fused-ring (bicyclic) bond motifs is 1. The Bertz CT molecular complexity index is 1050. The van der Waals surface area contributed by atoms with E-state index in [0.29, 0.717) is 13.0 Å². The van der Waals surface area contributed by atoms with Crippen molar-refractivity contribution in [2.45, 2.75) is 25.0 Å². The molecule has 1 aliphatic heterocycles. The Morgan fingerprint density at radius 1 is 1.34 bits per heavy atom. The molecule has 1 aromatic heterocycles. The molecule has 1 unspecified atom stereocenters. The summed E-state index contributed by atoms with van der Waals surface area (Å²) in [6.07, 6.45) is 0.867. The van der Waals surface area contributed by atoms with Crippen molar-refractivity contribution in [2.75, 3.05) is 26.7 Å². The van der Waals surface area contributed by atoms with Crippen molar-refractivity contribution < 1.29 is 9.90 Å². The van der Waals surface area contributed by atoms with Gasteiger partial charge in [-0.1, -0.05) is 36.4 Å². The number of likely N-dealkylation sites (tertiary alicyclic amines) is 1. The van der Waals surface area contributed by atoms with Gasteiger partial charge in [-0.05, 0) is 41.9 Å². The minimum Gasteiger partial charge on any atom is -0.392 e. The summed E-state index contributed by atoms with van der Waals surface area (Å²) in [5.74, 6) is 0.0757. The third kappa shape index (κ3) is 4.75. The second-order valence-electron chi connectivity index (χ2n) is 7.66. The number of hydrogen-bond acceptors (Lipinski definition) is 5. The van der Waals surface area contributed by atoms with Crippen LogP contribution in [0.15, 0.2) is 48.5 Å². The van der Waals surface area contributed by atoms with E-state index in [-0.39, 0.29) is 18.1 Å². The third-order valence-electron chi connectivity index (χ3n) is 5.56. The molecule has 0 aliphatic carbocycles. The van der Waals surface area contributed by atoms with Crippen LogP contribution in [0.25, 0.3) is 10.2 Å². The first-order chi connectivity index (χ1) is 14.0. The van der Waals surface area contributed by atoms with E-state index in [1.54, 1.807) is 11.3 Å². The Morgan fingerprint density at radius 3 is 2.86 bits per heavy atom. The van der Waals surface area contributed by atoms with Crippen LogP contribution in [-0.4, -0.2) is 58.6 Å². The average molecular weight is 428 g/mol. The molecule has 1 fully saturated rings. The molecule has 1 saturated heterocycles. The van der Waals surface area contributed by atoms with Crippen molar-refractivity contribution in [1.82, 2.24) is 14.8 Å². The van der Waals surface area contributed by atoms with E-state index in [2.05, 4.69) is 22.0 Å². The number of benzene rings is 2. The first kappa shape index (κ1) is 20.2. The van der Waals surface area contributed by atoms with Gasteiger partial charge in [-0.2, -0.15) is 0 Å². The van der Waals surface area contributed by atoms with Crippen LogP contribution < -0.4 is 0 Å². The molecule has 0 bridgehead atoms. The summed E-state index contributed by atoms with van der Waals surface area (Å²) in [4.78, 5) is 20.4. The highest BCUT2D eigenvalue weighted by Gasteiger charge is 2.28. The van der Waals surface area contributed by atoms with Gasteiger partial charge in [-0.3, -0.25) is 9.69 Å². The molecule has 2 atom stereocenters. The second kappa shape index (κ2) is 8.75. The van der Waals surface area contributed by atoms with E-state index in [0.717, 1.165) is 44.8 Å². The lowest BCUT2D eigenvalue weighted by Crippen LogP contribution is -2.39. The molecular weight excluding hydrogens is 402 g/mol. The van der Waals surface area contributed by atoms with Crippen LogP contribution in [0.1, 0.15) is 23.6 Å².